The summed E-state index contributed by atoms with van der Waals surface area (Å²) in [6.45, 7) is 0.147. The van der Waals surface area contributed by atoms with E-state index in [9.17, 15) is 14.7 Å². The molecule has 1 atom stereocenters. The Morgan fingerprint density at radius 3 is 2.42 bits per heavy atom. The summed E-state index contributed by atoms with van der Waals surface area (Å²) in [4.78, 5) is 31.7. The van der Waals surface area contributed by atoms with Crippen molar-refractivity contribution in [3.8, 4) is 11.5 Å². The third kappa shape index (κ3) is 4.27. The van der Waals surface area contributed by atoms with Crippen LogP contribution in [0.1, 0.15) is 22.7 Å². The van der Waals surface area contributed by atoms with Crippen molar-refractivity contribution in [3.63, 3.8) is 0 Å². The molecule has 0 spiro atoms. The van der Waals surface area contributed by atoms with Gasteiger partial charge in [0, 0.05) is 29.5 Å². The van der Waals surface area contributed by atoms with Crippen LogP contribution in [0, 0.1) is 0 Å². The molecule has 0 unspecified atom stereocenters. The van der Waals surface area contributed by atoms with Crippen LogP contribution in [-0.2, 0) is 16.1 Å². The second kappa shape index (κ2) is 9.34. The Bertz CT molecular complexity index is 1230. The van der Waals surface area contributed by atoms with E-state index in [0.29, 0.717) is 27.6 Å². The zero-order valence-electron chi connectivity index (χ0n) is 18.0. The van der Waals surface area contributed by atoms with Crippen LogP contribution in [0.3, 0.4) is 0 Å². The number of benzene rings is 2. The molecule has 7 nitrogen and oxygen atoms in total. The molecule has 1 aliphatic heterocycles. The molecule has 0 saturated carbocycles. The van der Waals surface area contributed by atoms with Crippen LogP contribution in [0.25, 0.3) is 5.76 Å². The summed E-state index contributed by atoms with van der Waals surface area (Å²) < 4.78 is 10.6. The van der Waals surface area contributed by atoms with Crippen LogP contribution in [0.2, 0.25) is 5.02 Å². The normalized spacial score (nSPS) is 17.3. The molecule has 1 amide bonds. The number of nitrogens with zero attached hydrogens (tertiary/aromatic N) is 2. The first-order chi connectivity index (χ1) is 15.9. The number of aliphatic hydroxyl groups is 1. The van der Waals surface area contributed by atoms with Gasteiger partial charge in [-0.15, -0.1) is 0 Å². The van der Waals surface area contributed by atoms with Crippen molar-refractivity contribution in [2.45, 2.75) is 12.6 Å². The molecule has 0 bridgehead atoms. The second-order valence-corrected chi connectivity index (χ2v) is 7.85. The lowest BCUT2D eigenvalue weighted by molar-refractivity contribution is -0.140. The highest BCUT2D eigenvalue weighted by molar-refractivity contribution is 6.46. The number of hydrogen-bond donors (Lipinski definition) is 1. The number of likely N-dealkylation sites (tertiary alicyclic amines) is 1. The molecule has 0 radical (unpaired) electrons. The van der Waals surface area contributed by atoms with Gasteiger partial charge in [-0.3, -0.25) is 14.6 Å². The van der Waals surface area contributed by atoms with Crippen LogP contribution in [-0.4, -0.2) is 40.9 Å². The first-order valence-electron chi connectivity index (χ1n) is 10.1. The van der Waals surface area contributed by atoms with Crippen LogP contribution in [0.15, 0.2) is 72.6 Å². The fourth-order valence-corrected chi connectivity index (χ4v) is 3.99. The summed E-state index contributed by atoms with van der Waals surface area (Å²) in [5.41, 5.74) is 1.71. The lowest BCUT2D eigenvalue weighted by Gasteiger charge is -2.25. The van der Waals surface area contributed by atoms with Gasteiger partial charge in [-0.2, -0.15) is 0 Å². The van der Waals surface area contributed by atoms with E-state index in [1.54, 1.807) is 60.9 Å². The summed E-state index contributed by atoms with van der Waals surface area (Å²) in [5.74, 6) is -0.926. The minimum atomic E-state index is -0.810. The van der Waals surface area contributed by atoms with Gasteiger partial charge in [0.05, 0.1) is 25.8 Å². The number of methoxy groups -OCH3 is 2. The largest absolute Gasteiger partial charge is 0.507 e. The number of pyridine rings is 1. The molecule has 2 aromatic carbocycles. The Morgan fingerprint density at radius 2 is 1.79 bits per heavy atom. The average molecular weight is 465 g/mol. The zero-order valence-corrected chi connectivity index (χ0v) is 18.7. The van der Waals surface area contributed by atoms with Crippen molar-refractivity contribution < 1.29 is 24.2 Å². The molecule has 168 valence electrons. The Balaban J connectivity index is 1.86. The zero-order chi connectivity index (χ0) is 23.5. The van der Waals surface area contributed by atoms with Gasteiger partial charge in [-0.05, 0) is 47.5 Å². The number of Topliss-reactive ketones (excluding diaryl/α,β-unsaturated/α-hetero) is 1. The van der Waals surface area contributed by atoms with Gasteiger partial charge < -0.3 is 19.5 Å². The molecule has 1 aliphatic rings. The number of halogens is 1. The van der Waals surface area contributed by atoms with Crippen molar-refractivity contribution in [3.05, 3.63) is 94.3 Å². The molecule has 2 heterocycles. The smallest absolute Gasteiger partial charge is 0.295 e. The van der Waals surface area contributed by atoms with E-state index in [1.165, 1.54) is 19.1 Å². The predicted octanol–water partition coefficient (Wildman–Crippen LogP) is 4.37. The molecular weight excluding hydrogens is 444 g/mol. The van der Waals surface area contributed by atoms with Gasteiger partial charge in [-0.25, -0.2) is 0 Å². The standard InChI is InChI=1S/C25H21ClN2O5/c1-32-19-10-7-17(12-20(19)33-2)23(29)21-22(16-5-8-18(26)9-6-16)28(25(31)24(21)30)14-15-4-3-11-27-13-15/h3-13,22,29H,14H2,1-2H3/t22-/m0/s1. The van der Waals surface area contributed by atoms with Crippen molar-refractivity contribution >= 4 is 29.1 Å². The maximum absolute atomic E-state index is 13.1. The number of carbonyl (C=O) groups excluding carboxylic acids is 2. The highest BCUT2D eigenvalue weighted by Crippen LogP contribution is 2.41. The fourth-order valence-electron chi connectivity index (χ4n) is 3.86. The van der Waals surface area contributed by atoms with E-state index < -0.39 is 17.7 Å². The number of hydrogen-bond acceptors (Lipinski definition) is 6. The lowest BCUT2D eigenvalue weighted by Crippen LogP contribution is -2.29. The molecule has 1 N–H and O–H groups in total. The van der Waals surface area contributed by atoms with Gasteiger partial charge in [0.15, 0.2) is 11.5 Å². The topological polar surface area (TPSA) is 89.0 Å². The van der Waals surface area contributed by atoms with Gasteiger partial charge >= 0.3 is 0 Å². The Hall–Kier alpha value is -3.84. The molecule has 8 heteroatoms. The molecule has 1 saturated heterocycles. The predicted molar refractivity (Wildman–Crippen MR) is 123 cm³/mol. The molecule has 0 aliphatic carbocycles. The van der Waals surface area contributed by atoms with E-state index in [4.69, 9.17) is 21.1 Å². The first-order valence-corrected chi connectivity index (χ1v) is 10.5. The summed E-state index contributed by atoms with van der Waals surface area (Å²) in [5, 5.41) is 11.7. The number of amides is 1. The number of ether oxygens (including phenoxy) is 2. The SMILES string of the molecule is COc1ccc(C(O)=C2C(=O)C(=O)N(Cc3cccnc3)[C@H]2c2ccc(Cl)cc2)cc1OC. The lowest BCUT2D eigenvalue weighted by atomic mass is 9.95. The van der Waals surface area contributed by atoms with Crippen molar-refractivity contribution in [1.82, 2.24) is 9.88 Å². The van der Waals surface area contributed by atoms with E-state index in [-0.39, 0.29) is 17.9 Å². The number of aromatic nitrogens is 1. The molecule has 4 rings (SSSR count). The van der Waals surface area contributed by atoms with Crippen molar-refractivity contribution in [1.29, 1.82) is 0 Å². The van der Waals surface area contributed by atoms with Gasteiger partial charge in [0.2, 0.25) is 0 Å². The number of rotatable bonds is 6. The van der Waals surface area contributed by atoms with E-state index in [2.05, 4.69) is 4.98 Å². The van der Waals surface area contributed by atoms with E-state index in [1.807, 2.05) is 6.07 Å². The Labute approximate surface area is 195 Å². The summed E-state index contributed by atoms with van der Waals surface area (Å²) >= 11 is 6.06. The number of carbonyl (C=O) groups is 2. The minimum absolute atomic E-state index is 0.0153. The van der Waals surface area contributed by atoms with Crippen LogP contribution in [0.4, 0.5) is 0 Å². The van der Waals surface area contributed by atoms with Crippen LogP contribution in [0.5, 0.6) is 11.5 Å². The van der Waals surface area contributed by atoms with Crippen molar-refractivity contribution in [2.75, 3.05) is 14.2 Å². The fraction of sp³-hybridized carbons (Fsp3) is 0.160. The Kier molecular flexibility index (Phi) is 6.33. The second-order valence-electron chi connectivity index (χ2n) is 7.41. The maximum Gasteiger partial charge on any atom is 0.295 e. The Morgan fingerprint density at radius 1 is 1.06 bits per heavy atom. The van der Waals surface area contributed by atoms with Gasteiger partial charge in [-0.1, -0.05) is 29.8 Å². The molecular formula is C25H21ClN2O5. The monoisotopic (exact) mass is 464 g/mol. The number of ketones is 1. The minimum Gasteiger partial charge on any atom is -0.507 e. The molecule has 33 heavy (non-hydrogen) atoms. The maximum atomic E-state index is 13.1. The van der Waals surface area contributed by atoms with Gasteiger partial charge in [0.1, 0.15) is 5.76 Å². The highest BCUT2D eigenvalue weighted by atomic mass is 35.5. The van der Waals surface area contributed by atoms with Gasteiger partial charge in [0.25, 0.3) is 11.7 Å². The van der Waals surface area contributed by atoms with Crippen LogP contribution >= 0.6 is 11.6 Å². The van der Waals surface area contributed by atoms with Crippen LogP contribution < -0.4 is 9.47 Å². The van der Waals surface area contributed by atoms with E-state index >= 15 is 0 Å². The quantitative estimate of drug-likeness (QED) is 0.331. The molecule has 3 aromatic rings. The first kappa shape index (κ1) is 22.4. The summed E-state index contributed by atoms with van der Waals surface area (Å²) in [7, 11) is 2.98. The average Bonchev–Trinajstić information content (AvgIpc) is 3.09. The number of aliphatic hydroxyl groups excluding tert-OH is 1. The summed E-state index contributed by atoms with van der Waals surface area (Å²) in [6.07, 6.45) is 3.26. The molecule has 1 aromatic heterocycles. The summed E-state index contributed by atoms with van der Waals surface area (Å²) in [6, 6.07) is 14.4. The van der Waals surface area contributed by atoms with E-state index in [0.717, 1.165) is 5.56 Å². The highest BCUT2D eigenvalue weighted by Gasteiger charge is 2.46. The van der Waals surface area contributed by atoms with Crippen molar-refractivity contribution in [2.24, 2.45) is 0 Å². The third-order valence-corrected chi connectivity index (χ3v) is 5.71. The molecule has 1 fully saturated rings. The third-order valence-electron chi connectivity index (χ3n) is 5.46.